The molecule has 3 heterocycles. The number of carbonyl (C=O) groups is 1. The van der Waals surface area contributed by atoms with Crippen molar-refractivity contribution in [2.24, 2.45) is 0 Å². The molecule has 2 aliphatic rings. The van der Waals surface area contributed by atoms with Gasteiger partial charge in [-0.2, -0.15) is 0 Å². The summed E-state index contributed by atoms with van der Waals surface area (Å²) < 4.78 is 7.34. The Morgan fingerprint density at radius 1 is 1.17 bits per heavy atom. The summed E-state index contributed by atoms with van der Waals surface area (Å²) in [6, 6.07) is 6.03. The van der Waals surface area contributed by atoms with Crippen molar-refractivity contribution in [3.8, 4) is 0 Å². The second kappa shape index (κ2) is 8.12. The van der Waals surface area contributed by atoms with E-state index in [1.54, 1.807) is 15.8 Å². The molecule has 0 radical (unpaired) electrons. The van der Waals surface area contributed by atoms with E-state index in [0.717, 1.165) is 43.9 Å². The number of fused-ring (bicyclic) bond motifs is 1. The molecule has 156 valence electrons. The second-order valence-corrected chi connectivity index (χ2v) is 8.25. The van der Waals surface area contributed by atoms with Crippen LogP contribution in [0.25, 0.3) is 10.9 Å². The summed E-state index contributed by atoms with van der Waals surface area (Å²) in [6.45, 7) is 9.36. The van der Waals surface area contributed by atoms with Gasteiger partial charge in [0.1, 0.15) is 6.61 Å². The third-order valence-electron chi connectivity index (χ3n) is 5.87. The molecule has 4 rings (SSSR count). The zero-order valence-electron chi connectivity index (χ0n) is 17.4. The molecule has 8 heteroatoms. The van der Waals surface area contributed by atoms with Crippen LogP contribution in [0.15, 0.2) is 29.3 Å². The van der Waals surface area contributed by atoms with Crippen LogP contribution in [-0.2, 0) is 9.53 Å². The summed E-state index contributed by atoms with van der Waals surface area (Å²) in [5.41, 5.74) is 1.86. The summed E-state index contributed by atoms with van der Waals surface area (Å²) in [6.07, 6.45) is 1.72. The molecule has 2 aromatic rings. The van der Waals surface area contributed by atoms with Gasteiger partial charge < -0.3 is 14.5 Å². The van der Waals surface area contributed by atoms with Crippen LogP contribution in [0, 0.1) is 0 Å². The Kier molecular flexibility index (Phi) is 5.56. The molecule has 29 heavy (non-hydrogen) atoms. The normalized spacial score (nSPS) is 21.4. The average molecular weight is 399 g/mol. The fraction of sp³-hybridized carbons (Fsp3) is 0.571. The van der Waals surface area contributed by atoms with Crippen LogP contribution in [0.1, 0.15) is 19.9 Å². The van der Waals surface area contributed by atoms with E-state index in [-0.39, 0.29) is 30.2 Å². The maximum atomic E-state index is 12.6. The minimum absolute atomic E-state index is 0.0114. The highest BCUT2D eigenvalue weighted by Gasteiger charge is 2.27. The van der Waals surface area contributed by atoms with E-state index < -0.39 is 0 Å². The number of aromatic nitrogens is 2. The molecule has 0 saturated carbocycles. The molecule has 0 N–H and O–H groups in total. The summed E-state index contributed by atoms with van der Waals surface area (Å²) in [5, 5.41) is 0.664. The number of nitrogens with zero attached hydrogens (tertiary/aromatic N) is 5. The fourth-order valence-electron chi connectivity index (χ4n) is 4.03. The number of morpholine rings is 1. The van der Waals surface area contributed by atoms with Gasteiger partial charge in [0, 0.05) is 58.0 Å². The number of carbonyl (C=O) groups excluding carboxylic acids is 1. The van der Waals surface area contributed by atoms with Crippen molar-refractivity contribution in [3.05, 3.63) is 34.9 Å². The molecular weight excluding hydrogens is 370 g/mol. The first kappa shape index (κ1) is 19.8. The van der Waals surface area contributed by atoms with E-state index in [1.165, 1.54) is 0 Å². The number of piperazine rings is 1. The third-order valence-corrected chi connectivity index (χ3v) is 5.87. The summed E-state index contributed by atoms with van der Waals surface area (Å²) >= 11 is 0. The number of hydrogen-bond donors (Lipinski definition) is 0. The van der Waals surface area contributed by atoms with Gasteiger partial charge in [-0.1, -0.05) is 0 Å². The SMILES string of the molecule is CC(C)n1cnc2cc(N3CCN(CC4CN(C)C(=O)CO4)CC3)ccc2c1=O. The summed E-state index contributed by atoms with van der Waals surface area (Å²) in [5.74, 6) is 0.0520. The van der Waals surface area contributed by atoms with E-state index >= 15 is 0 Å². The number of likely N-dealkylation sites (N-methyl/N-ethyl adjacent to an activating group) is 1. The fourth-order valence-corrected chi connectivity index (χ4v) is 4.03. The van der Waals surface area contributed by atoms with Crippen molar-refractivity contribution in [1.82, 2.24) is 19.4 Å². The Morgan fingerprint density at radius 2 is 1.93 bits per heavy atom. The van der Waals surface area contributed by atoms with Crippen LogP contribution < -0.4 is 10.5 Å². The maximum Gasteiger partial charge on any atom is 0.261 e. The number of benzene rings is 1. The summed E-state index contributed by atoms with van der Waals surface area (Å²) in [4.78, 5) is 35.1. The van der Waals surface area contributed by atoms with Crippen LogP contribution in [0.5, 0.6) is 0 Å². The lowest BCUT2D eigenvalue weighted by Gasteiger charge is -2.39. The van der Waals surface area contributed by atoms with E-state index in [4.69, 9.17) is 4.74 Å². The molecule has 2 aliphatic heterocycles. The molecule has 1 amide bonds. The first-order valence-electron chi connectivity index (χ1n) is 10.3. The van der Waals surface area contributed by atoms with Gasteiger partial charge in [0.2, 0.25) is 5.91 Å². The zero-order chi connectivity index (χ0) is 20.5. The number of rotatable bonds is 4. The van der Waals surface area contributed by atoms with Gasteiger partial charge in [-0.25, -0.2) is 4.98 Å². The van der Waals surface area contributed by atoms with E-state index in [2.05, 4.69) is 14.8 Å². The van der Waals surface area contributed by atoms with Crippen LogP contribution in [0.4, 0.5) is 5.69 Å². The standard InChI is InChI=1S/C21H29N5O3/c1-15(2)26-14-22-19-10-16(4-5-18(19)21(26)28)25-8-6-24(7-9-25)12-17-11-23(3)20(27)13-29-17/h4-5,10,14-15,17H,6-9,11-13H2,1-3H3. The van der Waals surface area contributed by atoms with Gasteiger partial charge in [-0.3, -0.25) is 19.1 Å². The summed E-state index contributed by atoms with van der Waals surface area (Å²) in [7, 11) is 1.83. The van der Waals surface area contributed by atoms with Crippen molar-refractivity contribution in [1.29, 1.82) is 0 Å². The van der Waals surface area contributed by atoms with Crippen molar-refractivity contribution >= 4 is 22.5 Å². The highest BCUT2D eigenvalue weighted by Crippen LogP contribution is 2.21. The Bertz CT molecular complexity index is 949. The molecule has 0 spiro atoms. The quantitative estimate of drug-likeness (QED) is 0.763. The lowest BCUT2D eigenvalue weighted by molar-refractivity contribution is -0.147. The molecule has 1 atom stereocenters. The van der Waals surface area contributed by atoms with Crippen molar-refractivity contribution in [2.45, 2.75) is 26.0 Å². The third kappa shape index (κ3) is 4.13. The molecule has 0 bridgehead atoms. The van der Waals surface area contributed by atoms with Crippen molar-refractivity contribution < 1.29 is 9.53 Å². The number of hydrogen-bond acceptors (Lipinski definition) is 6. The molecule has 0 aliphatic carbocycles. The van der Waals surface area contributed by atoms with E-state index in [1.807, 2.05) is 39.1 Å². The number of amides is 1. The Balaban J connectivity index is 1.39. The lowest BCUT2D eigenvalue weighted by Crippen LogP contribution is -2.53. The van der Waals surface area contributed by atoms with Gasteiger partial charge in [0.15, 0.2) is 0 Å². The second-order valence-electron chi connectivity index (χ2n) is 8.25. The minimum atomic E-state index is 0.0114. The molecular formula is C21H29N5O3. The Hall–Kier alpha value is -2.45. The first-order chi connectivity index (χ1) is 13.9. The molecule has 1 aromatic heterocycles. The van der Waals surface area contributed by atoms with Crippen LogP contribution in [0.3, 0.4) is 0 Å². The van der Waals surface area contributed by atoms with E-state index in [9.17, 15) is 9.59 Å². The smallest absolute Gasteiger partial charge is 0.261 e. The highest BCUT2D eigenvalue weighted by atomic mass is 16.5. The maximum absolute atomic E-state index is 12.6. The van der Waals surface area contributed by atoms with Gasteiger partial charge in [0.25, 0.3) is 5.56 Å². The Labute approximate surface area is 170 Å². The molecule has 8 nitrogen and oxygen atoms in total. The lowest BCUT2D eigenvalue weighted by atomic mass is 10.1. The Morgan fingerprint density at radius 3 is 2.62 bits per heavy atom. The topological polar surface area (TPSA) is 70.9 Å². The molecule has 1 unspecified atom stereocenters. The van der Waals surface area contributed by atoms with Gasteiger partial charge in [-0.15, -0.1) is 0 Å². The number of ether oxygens (including phenoxy) is 1. The average Bonchev–Trinajstić information content (AvgIpc) is 2.71. The van der Waals surface area contributed by atoms with Gasteiger partial charge in [-0.05, 0) is 32.0 Å². The largest absolute Gasteiger partial charge is 0.369 e. The highest BCUT2D eigenvalue weighted by molar-refractivity contribution is 5.81. The predicted octanol–water partition coefficient (Wildman–Crippen LogP) is 0.957. The first-order valence-corrected chi connectivity index (χ1v) is 10.3. The van der Waals surface area contributed by atoms with Crippen LogP contribution in [0.2, 0.25) is 0 Å². The zero-order valence-corrected chi connectivity index (χ0v) is 17.4. The predicted molar refractivity (Wildman–Crippen MR) is 112 cm³/mol. The molecule has 2 fully saturated rings. The van der Waals surface area contributed by atoms with Crippen LogP contribution in [-0.4, -0.2) is 84.3 Å². The van der Waals surface area contributed by atoms with Crippen molar-refractivity contribution in [2.75, 3.05) is 57.8 Å². The molecule has 1 aromatic carbocycles. The minimum Gasteiger partial charge on any atom is -0.369 e. The molecule has 2 saturated heterocycles. The van der Waals surface area contributed by atoms with E-state index in [0.29, 0.717) is 11.9 Å². The van der Waals surface area contributed by atoms with Crippen LogP contribution >= 0.6 is 0 Å². The van der Waals surface area contributed by atoms with Gasteiger partial charge >= 0.3 is 0 Å². The van der Waals surface area contributed by atoms with Gasteiger partial charge in [0.05, 0.1) is 23.3 Å². The monoisotopic (exact) mass is 399 g/mol. The van der Waals surface area contributed by atoms with Crippen molar-refractivity contribution in [3.63, 3.8) is 0 Å². The number of anilines is 1.